The highest BCUT2D eigenvalue weighted by atomic mass is 15.4. The Balaban J connectivity index is 2.17. The zero-order valence-corrected chi connectivity index (χ0v) is 21.6. The zero-order valence-electron chi connectivity index (χ0n) is 21.6. The van der Waals surface area contributed by atoms with E-state index in [1.807, 2.05) is 0 Å². The molecular weight excluding hydrogens is 362 g/mol. The van der Waals surface area contributed by atoms with Crippen molar-refractivity contribution in [3.05, 3.63) is 35.4 Å². The first-order chi connectivity index (χ1) is 14.4. The van der Waals surface area contributed by atoms with Gasteiger partial charge in [0.1, 0.15) is 5.54 Å². The molecule has 0 radical (unpaired) electrons. The standard InChI is InChI=1S/C29H54N/c1-7-9-10-11-12-13-14-15-16-17-18-19-20-23-26-30(5,6)29(4,8-2)28-25-22-21-24-27(28)3/h21-22,24-25H,7-20,23,26H2,1-6H3/q+1. The Morgan fingerprint density at radius 3 is 1.53 bits per heavy atom. The van der Waals surface area contributed by atoms with Crippen LogP contribution in [0.4, 0.5) is 0 Å². The topological polar surface area (TPSA) is 0 Å². The summed E-state index contributed by atoms with van der Waals surface area (Å²) in [5, 5.41) is 0. The van der Waals surface area contributed by atoms with Crippen molar-refractivity contribution in [2.45, 2.75) is 130 Å². The van der Waals surface area contributed by atoms with Crippen LogP contribution in [0, 0.1) is 6.92 Å². The molecule has 1 atom stereocenters. The van der Waals surface area contributed by atoms with Crippen molar-refractivity contribution in [1.82, 2.24) is 0 Å². The molecule has 0 aromatic heterocycles. The van der Waals surface area contributed by atoms with Crippen molar-refractivity contribution >= 4 is 0 Å². The molecule has 0 spiro atoms. The predicted molar refractivity (Wildman–Crippen MR) is 136 cm³/mol. The summed E-state index contributed by atoms with van der Waals surface area (Å²) in [5.41, 5.74) is 3.17. The fraction of sp³-hybridized carbons (Fsp3) is 0.793. The molecular formula is C29H54N+. The summed E-state index contributed by atoms with van der Waals surface area (Å²) >= 11 is 0. The molecule has 1 nitrogen and oxygen atoms in total. The van der Waals surface area contributed by atoms with E-state index in [1.54, 1.807) is 0 Å². The Morgan fingerprint density at radius 2 is 1.10 bits per heavy atom. The van der Waals surface area contributed by atoms with Gasteiger partial charge in [-0.2, -0.15) is 0 Å². The van der Waals surface area contributed by atoms with Crippen LogP contribution in [-0.4, -0.2) is 25.1 Å². The van der Waals surface area contributed by atoms with Crippen LogP contribution < -0.4 is 0 Å². The van der Waals surface area contributed by atoms with Crippen molar-refractivity contribution in [3.63, 3.8) is 0 Å². The SMILES string of the molecule is CCCCCCCCCCCCCCCC[N+](C)(C)C(C)(CC)c1ccccc1C. The van der Waals surface area contributed by atoms with E-state index in [4.69, 9.17) is 0 Å². The first-order valence-electron chi connectivity index (χ1n) is 13.3. The third kappa shape index (κ3) is 9.13. The van der Waals surface area contributed by atoms with Crippen LogP contribution >= 0.6 is 0 Å². The van der Waals surface area contributed by atoms with Gasteiger partial charge in [-0.05, 0) is 32.3 Å². The molecule has 0 saturated heterocycles. The largest absolute Gasteiger partial charge is 0.320 e. The van der Waals surface area contributed by atoms with E-state index < -0.39 is 0 Å². The van der Waals surface area contributed by atoms with Crippen LogP contribution in [0.1, 0.15) is 128 Å². The highest BCUT2D eigenvalue weighted by molar-refractivity contribution is 5.30. The van der Waals surface area contributed by atoms with E-state index in [0.717, 1.165) is 4.48 Å². The quantitative estimate of drug-likeness (QED) is 0.165. The summed E-state index contributed by atoms with van der Waals surface area (Å²) in [7, 11) is 4.89. The molecule has 0 N–H and O–H groups in total. The van der Waals surface area contributed by atoms with E-state index >= 15 is 0 Å². The molecule has 0 aliphatic rings. The number of unbranched alkanes of at least 4 members (excludes halogenated alkanes) is 13. The second-order valence-corrected chi connectivity index (χ2v) is 10.4. The van der Waals surface area contributed by atoms with E-state index in [1.165, 1.54) is 114 Å². The van der Waals surface area contributed by atoms with Gasteiger partial charge in [0.25, 0.3) is 0 Å². The number of quaternary nitrogens is 1. The Bertz CT molecular complexity index is 547. The van der Waals surface area contributed by atoms with Gasteiger partial charge in [0.05, 0.1) is 20.6 Å². The molecule has 0 aliphatic carbocycles. The normalized spacial score (nSPS) is 14.1. The van der Waals surface area contributed by atoms with Gasteiger partial charge in [0, 0.05) is 12.0 Å². The number of benzene rings is 1. The van der Waals surface area contributed by atoms with Crippen LogP contribution in [0.25, 0.3) is 0 Å². The molecule has 0 aliphatic heterocycles. The van der Waals surface area contributed by atoms with Crippen LogP contribution in [-0.2, 0) is 5.54 Å². The molecule has 174 valence electrons. The van der Waals surface area contributed by atoms with Crippen molar-refractivity contribution in [3.8, 4) is 0 Å². The lowest BCUT2D eigenvalue weighted by atomic mass is 9.83. The lowest BCUT2D eigenvalue weighted by molar-refractivity contribution is -0.948. The Kier molecular flexibility index (Phi) is 13.7. The Morgan fingerprint density at radius 1 is 0.667 bits per heavy atom. The van der Waals surface area contributed by atoms with E-state index in [9.17, 15) is 0 Å². The third-order valence-corrected chi connectivity index (χ3v) is 7.82. The predicted octanol–water partition coefficient (Wildman–Crippen LogP) is 9.18. The molecule has 0 bridgehead atoms. The molecule has 1 heteroatoms. The van der Waals surface area contributed by atoms with E-state index in [0.29, 0.717) is 0 Å². The fourth-order valence-corrected chi connectivity index (χ4v) is 5.07. The number of hydrogen-bond donors (Lipinski definition) is 0. The van der Waals surface area contributed by atoms with E-state index in [-0.39, 0.29) is 5.54 Å². The maximum atomic E-state index is 2.47. The van der Waals surface area contributed by atoms with Gasteiger partial charge >= 0.3 is 0 Å². The number of nitrogens with zero attached hydrogens (tertiary/aromatic N) is 1. The summed E-state index contributed by atoms with van der Waals surface area (Å²) in [4.78, 5) is 0. The summed E-state index contributed by atoms with van der Waals surface area (Å²) in [6, 6.07) is 9.00. The van der Waals surface area contributed by atoms with Crippen molar-refractivity contribution in [2.24, 2.45) is 0 Å². The third-order valence-electron chi connectivity index (χ3n) is 7.82. The first-order valence-corrected chi connectivity index (χ1v) is 13.3. The van der Waals surface area contributed by atoms with Gasteiger partial charge in [-0.3, -0.25) is 0 Å². The van der Waals surface area contributed by atoms with Gasteiger partial charge in [-0.25, -0.2) is 0 Å². The second-order valence-electron chi connectivity index (χ2n) is 10.4. The summed E-state index contributed by atoms with van der Waals surface area (Å²) < 4.78 is 1.09. The minimum atomic E-state index is 0.196. The highest BCUT2D eigenvalue weighted by Gasteiger charge is 2.41. The van der Waals surface area contributed by atoms with Crippen LogP contribution in [0.2, 0.25) is 0 Å². The lowest BCUT2D eigenvalue weighted by Gasteiger charge is -2.47. The average Bonchev–Trinajstić information content (AvgIpc) is 2.73. The van der Waals surface area contributed by atoms with Crippen LogP contribution in [0.5, 0.6) is 0 Å². The van der Waals surface area contributed by atoms with Gasteiger partial charge in [-0.15, -0.1) is 0 Å². The number of aryl methyl sites for hydroxylation is 1. The molecule has 0 fully saturated rings. The van der Waals surface area contributed by atoms with Gasteiger partial charge < -0.3 is 4.48 Å². The molecule has 0 heterocycles. The van der Waals surface area contributed by atoms with Gasteiger partial charge in [0.15, 0.2) is 0 Å². The van der Waals surface area contributed by atoms with Crippen molar-refractivity contribution in [1.29, 1.82) is 0 Å². The van der Waals surface area contributed by atoms with Gasteiger partial charge in [-0.1, -0.05) is 115 Å². The highest BCUT2D eigenvalue weighted by Crippen LogP contribution is 2.37. The molecule has 1 rings (SSSR count). The Hall–Kier alpha value is -0.820. The number of hydrogen-bond acceptors (Lipinski definition) is 0. The Labute approximate surface area is 190 Å². The van der Waals surface area contributed by atoms with Crippen LogP contribution in [0.3, 0.4) is 0 Å². The van der Waals surface area contributed by atoms with Crippen LogP contribution in [0.15, 0.2) is 24.3 Å². The summed E-state index contributed by atoms with van der Waals surface area (Å²) in [5.74, 6) is 0. The minimum Gasteiger partial charge on any atom is -0.320 e. The lowest BCUT2D eigenvalue weighted by Crippen LogP contribution is -2.56. The zero-order chi connectivity index (χ0) is 22.3. The molecule has 30 heavy (non-hydrogen) atoms. The first kappa shape index (κ1) is 27.2. The summed E-state index contributed by atoms with van der Waals surface area (Å²) in [6.07, 6.45) is 21.3. The molecule has 1 aromatic rings. The molecule has 0 amide bonds. The monoisotopic (exact) mass is 416 g/mol. The summed E-state index contributed by atoms with van der Waals surface area (Å²) in [6.45, 7) is 10.7. The maximum absolute atomic E-state index is 2.47. The fourth-order valence-electron chi connectivity index (χ4n) is 5.07. The molecule has 1 unspecified atom stereocenters. The maximum Gasteiger partial charge on any atom is 0.121 e. The average molecular weight is 417 g/mol. The minimum absolute atomic E-state index is 0.196. The molecule has 1 aromatic carbocycles. The smallest absolute Gasteiger partial charge is 0.121 e. The van der Waals surface area contributed by atoms with Crippen molar-refractivity contribution in [2.75, 3.05) is 20.6 Å². The number of rotatable bonds is 18. The molecule has 0 saturated carbocycles. The van der Waals surface area contributed by atoms with E-state index in [2.05, 4.69) is 66.1 Å². The second kappa shape index (κ2) is 15.1. The van der Waals surface area contributed by atoms with Gasteiger partial charge in [0.2, 0.25) is 0 Å². The van der Waals surface area contributed by atoms with Crippen molar-refractivity contribution < 1.29 is 4.48 Å².